The van der Waals surface area contributed by atoms with E-state index in [1.54, 1.807) is 12.5 Å². The van der Waals surface area contributed by atoms with Gasteiger partial charge in [0, 0.05) is 5.56 Å². The van der Waals surface area contributed by atoms with Gasteiger partial charge in [-0.2, -0.15) is 0 Å². The van der Waals surface area contributed by atoms with Gasteiger partial charge in [-0.3, -0.25) is 0 Å². The molecular weight excluding hydrogens is 128 g/mol. The standard InChI is InChI=1S/C8H12O2/c1-7(2)10-6-8-3-4-9-5-8/h3-5,7H,6H2,1-2H3. The molecule has 0 N–H and O–H groups in total. The molecule has 0 bridgehead atoms. The zero-order valence-electron chi connectivity index (χ0n) is 6.33. The third-order valence-corrected chi connectivity index (χ3v) is 1.16. The average molecular weight is 140 g/mol. The summed E-state index contributed by atoms with van der Waals surface area (Å²) in [6.07, 6.45) is 3.64. The van der Waals surface area contributed by atoms with E-state index < -0.39 is 0 Å². The molecule has 0 aliphatic heterocycles. The molecule has 0 fully saturated rings. The van der Waals surface area contributed by atoms with Gasteiger partial charge in [-0.15, -0.1) is 0 Å². The highest BCUT2D eigenvalue weighted by Crippen LogP contribution is 2.03. The number of rotatable bonds is 3. The normalized spacial score (nSPS) is 10.7. The van der Waals surface area contributed by atoms with Crippen LogP contribution in [0, 0.1) is 0 Å². The minimum absolute atomic E-state index is 0.287. The van der Waals surface area contributed by atoms with E-state index in [0.717, 1.165) is 5.56 Å². The molecule has 1 heterocycles. The van der Waals surface area contributed by atoms with Crippen molar-refractivity contribution in [1.29, 1.82) is 0 Å². The number of ether oxygens (including phenoxy) is 1. The van der Waals surface area contributed by atoms with Gasteiger partial charge in [0.15, 0.2) is 0 Å². The number of hydrogen-bond acceptors (Lipinski definition) is 2. The highest BCUT2D eigenvalue weighted by Gasteiger charge is 1.95. The Bertz CT molecular complexity index is 165. The van der Waals surface area contributed by atoms with Crippen LogP contribution in [0.15, 0.2) is 23.0 Å². The minimum atomic E-state index is 0.287. The van der Waals surface area contributed by atoms with E-state index in [1.807, 2.05) is 19.9 Å². The van der Waals surface area contributed by atoms with E-state index in [4.69, 9.17) is 9.15 Å². The third kappa shape index (κ3) is 2.23. The van der Waals surface area contributed by atoms with Crippen molar-refractivity contribution < 1.29 is 9.15 Å². The van der Waals surface area contributed by atoms with Crippen LogP contribution in [0.5, 0.6) is 0 Å². The smallest absolute Gasteiger partial charge is 0.0957 e. The molecule has 1 rings (SSSR count). The van der Waals surface area contributed by atoms with Gasteiger partial charge in [-0.05, 0) is 19.9 Å². The van der Waals surface area contributed by atoms with E-state index >= 15 is 0 Å². The van der Waals surface area contributed by atoms with Gasteiger partial charge in [-0.25, -0.2) is 0 Å². The lowest BCUT2D eigenvalue weighted by Crippen LogP contribution is -2.01. The molecule has 56 valence electrons. The molecule has 0 saturated carbocycles. The van der Waals surface area contributed by atoms with E-state index in [9.17, 15) is 0 Å². The predicted octanol–water partition coefficient (Wildman–Crippen LogP) is 2.20. The Morgan fingerprint density at radius 1 is 1.60 bits per heavy atom. The number of furan rings is 1. The van der Waals surface area contributed by atoms with Crippen molar-refractivity contribution in [3.8, 4) is 0 Å². The largest absolute Gasteiger partial charge is 0.472 e. The summed E-state index contributed by atoms with van der Waals surface area (Å²) in [6.45, 7) is 4.67. The average Bonchev–Trinajstić information content (AvgIpc) is 2.34. The van der Waals surface area contributed by atoms with Crippen molar-refractivity contribution in [3.63, 3.8) is 0 Å². The van der Waals surface area contributed by atoms with Gasteiger partial charge in [0.05, 0.1) is 25.2 Å². The van der Waals surface area contributed by atoms with Gasteiger partial charge in [-0.1, -0.05) is 0 Å². The van der Waals surface area contributed by atoms with E-state index in [1.165, 1.54) is 0 Å². The Hall–Kier alpha value is -0.760. The molecule has 2 nitrogen and oxygen atoms in total. The maximum Gasteiger partial charge on any atom is 0.0957 e. The molecule has 2 heteroatoms. The molecule has 0 aromatic carbocycles. The van der Waals surface area contributed by atoms with Crippen LogP contribution >= 0.6 is 0 Å². The molecule has 0 unspecified atom stereocenters. The van der Waals surface area contributed by atoms with Crippen LogP contribution in [-0.2, 0) is 11.3 Å². The first kappa shape index (κ1) is 7.35. The van der Waals surface area contributed by atoms with Crippen LogP contribution in [-0.4, -0.2) is 6.10 Å². The maximum absolute atomic E-state index is 5.33. The summed E-state index contributed by atoms with van der Waals surface area (Å²) in [5, 5.41) is 0. The zero-order valence-corrected chi connectivity index (χ0v) is 6.33. The Labute approximate surface area is 60.8 Å². The Morgan fingerprint density at radius 3 is 2.90 bits per heavy atom. The third-order valence-electron chi connectivity index (χ3n) is 1.16. The van der Waals surface area contributed by atoms with Gasteiger partial charge in [0.25, 0.3) is 0 Å². The lowest BCUT2D eigenvalue weighted by atomic mass is 10.3. The SMILES string of the molecule is CC(C)OCc1ccoc1. The van der Waals surface area contributed by atoms with E-state index in [2.05, 4.69) is 0 Å². The zero-order chi connectivity index (χ0) is 7.40. The van der Waals surface area contributed by atoms with Gasteiger partial charge in [0.2, 0.25) is 0 Å². The van der Waals surface area contributed by atoms with Crippen LogP contribution < -0.4 is 0 Å². The van der Waals surface area contributed by atoms with Crippen LogP contribution in [0.3, 0.4) is 0 Å². The lowest BCUT2D eigenvalue weighted by molar-refractivity contribution is 0.0654. The van der Waals surface area contributed by atoms with Crippen molar-refractivity contribution in [2.24, 2.45) is 0 Å². The summed E-state index contributed by atoms with van der Waals surface area (Å²) >= 11 is 0. The molecule has 0 radical (unpaired) electrons. The molecule has 0 aliphatic rings. The molecule has 0 aliphatic carbocycles. The first-order valence-corrected chi connectivity index (χ1v) is 3.41. The quantitative estimate of drug-likeness (QED) is 0.642. The molecule has 0 saturated heterocycles. The summed E-state index contributed by atoms with van der Waals surface area (Å²) < 4.78 is 10.2. The first-order valence-electron chi connectivity index (χ1n) is 3.41. The van der Waals surface area contributed by atoms with Gasteiger partial charge >= 0.3 is 0 Å². The van der Waals surface area contributed by atoms with E-state index in [0.29, 0.717) is 6.61 Å². The second-order valence-corrected chi connectivity index (χ2v) is 2.49. The monoisotopic (exact) mass is 140 g/mol. The molecular formula is C8H12O2. The fourth-order valence-corrected chi connectivity index (χ4v) is 0.638. The Balaban J connectivity index is 2.28. The number of hydrogen-bond donors (Lipinski definition) is 0. The van der Waals surface area contributed by atoms with E-state index in [-0.39, 0.29) is 6.10 Å². The minimum Gasteiger partial charge on any atom is -0.472 e. The highest BCUT2D eigenvalue weighted by atomic mass is 16.5. The fourth-order valence-electron chi connectivity index (χ4n) is 0.638. The summed E-state index contributed by atoms with van der Waals surface area (Å²) in [4.78, 5) is 0. The maximum atomic E-state index is 5.33. The van der Waals surface area contributed by atoms with Gasteiger partial charge < -0.3 is 9.15 Å². The summed E-state index contributed by atoms with van der Waals surface area (Å²) in [5.41, 5.74) is 1.09. The van der Waals surface area contributed by atoms with Crippen molar-refractivity contribution >= 4 is 0 Å². The Kier molecular flexibility index (Phi) is 2.51. The topological polar surface area (TPSA) is 22.4 Å². The van der Waals surface area contributed by atoms with Crippen LogP contribution in [0.1, 0.15) is 19.4 Å². The lowest BCUT2D eigenvalue weighted by Gasteiger charge is -2.03. The summed E-state index contributed by atoms with van der Waals surface area (Å²) in [7, 11) is 0. The second-order valence-electron chi connectivity index (χ2n) is 2.49. The molecule has 0 spiro atoms. The fraction of sp³-hybridized carbons (Fsp3) is 0.500. The van der Waals surface area contributed by atoms with Crippen molar-refractivity contribution in [3.05, 3.63) is 24.2 Å². The van der Waals surface area contributed by atoms with Crippen LogP contribution in [0.4, 0.5) is 0 Å². The molecule has 1 aromatic rings. The van der Waals surface area contributed by atoms with Crippen LogP contribution in [0.25, 0.3) is 0 Å². The molecule has 1 aromatic heterocycles. The molecule has 0 amide bonds. The van der Waals surface area contributed by atoms with Gasteiger partial charge in [0.1, 0.15) is 0 Å². The summed E-state index contributed by atoms with van der Waals surface area (Å²) in [5.74, 6) is 0. The van der Waals surface area contributed by atoms with Crippen molar-refractivity contribution in [2.75, 3.05) is 0 Å². The van der Waals surface area contributed by atoms with Crippen molar-refractivity contribution in [2.45, 2.75) is 26.6 Å². The predicted molar refractivity (Wildman–Crippen MR) is 38.6 cm³/mol. The van der Waals surface area contributed by atoms with Crippen molar-refractivity contribution in [1.82, 2.24) is 0 Å². The second kappa shape index (κ2) is 3.42. The molecule has 10 heavy (non-hydrogen) atoms. The summed E-state index contributed by atoms with van der Waals surface area (Å²) in [6, 6.07) is 1.91. The Morgan fingerprint density at radius 2 is 2.40 bits per heavy atom. The first-order chi connectivity index (χ1) is 4.79. The van der Waals surface area contributed by atoms with Crippen LogP contribution in [0.2, 0.25) is 0 Å². The molecule has 0 atom stereocenters. The highest BCUT2D eigenvalue weighted by molar-refractivity contribution is 5.02.